The minimum atomic E-state index is -0.804. The summed E-state index contributed by atoms with van der Waals surface area (Å²) in [6.07, 6.45) is 5.96. The molecule has 0 amide bonds. The molecule has 1 aliphatic heterocycles. The van der Waals surface area contributed by atoms with Crippen molar-refractivity contribution in [2.75, 3.05) is 9.80 Å². The van der Waals surface area contributed by atoms with Crippen LogP contribution in [0.2, 0.25) is 0 Å². The van der Waals surface area contributed by atoms with E-state index in [1.165, 1.54) is 28.9 Å². The van der Waals surface area contributed by atoms with Gasteiger partial charge in [-0.1, -0.05) is 52.8 Å². The number of aromatic nitrogens is 2. The molecule has 0 spiro atoms. The summed E-state index contributed by atoms with van der Waals surface area (Å²) in [6, 6.07) is 22.1. The molecule has 0 unspecified atom stereocenters. The van der Waals surface area contributed by atoms with E-state index in [4.69, 9.17) is 0 Å². The number of halogens is 6. The van der Waals surface area contributed by atoms with Gasteiger partial charge in [0.15, 0.2) is 0 Å². The zero-order valence-electron chi connectivity index (χ0n) is 21.1. The fraction of sp³-hybridized carbons (Fsp3) is 0. The van der Waals surface area contributed by atoms with Gasteiger partial charge in [-0.15, -0.1) is 37.0 Å². The molecule has 6 rings (SSSR count). The summed E-state index contributed by atoms with van der Waals surface area (Å²) < 4.78 is 80.8. The number of benzene rings is 3. The van der Waals surface area contributed by atoms with E-state index in [1.807, 2.05) is 0 Å². The predicted molar refractivity (Wildman–Crippen MR) is 140 cm³/mol. The van der Waals surface area contributed by atoms with Crippen molar-refractivity contribution in [3.8, 4) is 22.5 Å². The van der Waals surface area contributed by atoms with Gasteiger partial charge >= 0.3 is 0 Å². The van der Waals surface area contributed by atoms with Gasteiger partial charge in [0.05, 0.1) is 11.6 Å². The zero-order valence-corrected chi connectivity index (χ0v) is 23.5. The Labute approximate surface area is 250 Å². The molecule has 3 aromatic carbocycles. The Kier molecular flexibility index (Phi) is 9.77. The molecule has 0 bridgehead atoms. The number of pyridine rings is 2. The molecule has 0 atom stereocenters. The van der Waals surface area contributed by atoms with Crippen LogP contribution in [0.1, 0.15) is 0 Å². The first kappa shape index (κ1) is 30.5. The molecule has 4 nitrogen and oxygen atoms in total. The Bertz CT molecular complexity index is 1580. The Hall–Kier alpha value is -4.47. The number of anilines is 2. The molecule has 2 aromatic heterocycles. The predicted octanol–water partition coefficient (Wildman–Crippen LogP) is 7.65. The van der Waals surface area contributed by atoms with Gasteiger partial charge in [-0.25, -0.2) is 0 Å². The minimum Gasteiger partial charge on any atom is -0.498 e. The van der Waals surface area contributed by atoms with Gasteiger partial charge in [0.25, 0.3) is 0 Å². The summed E-state index contributed by atoms with van der Waals surface area (Å²) in [5.41, 5.74) is 1.04. The Balaban J connectivity index is 0.000000189. The van der Waals surface area contributed by atoms with Crippen LogP contribution in [0, 0.1) is 59.8 Å². The second kappa shape index (κ2) is 13.5. The molecule has 42 heavy (non-hydrogen) atoms. The van der Waals surface area contributed by atoms with E-state index in [2.05, 4.69) is 28.2 Å². The Morgan fingerprint density at radius 2 is 1.05 bits per heavy atom. The molecule has 0 aliphatic carbocycles. The van der Waals surface area contributed by atoms with Crippen molar-refractivity contribution < 1.29 is 46.4 Å². The van der Waals surface area contributed by atoms with E-state index in [-0.39, 0.29) is 42.6 Å². The third-order valence-corrected chi connectivity index (χ3v) is 5.65. The zero-order chi connectivity index (χ0) is 28.9. The van der Waals surface area contributed by atoms with Crippen molar-refractivity contribution in [3.05, 3.63) is 151 Å². The summed E-state index contributed by atoms with van der Waals surface area (Å²) in [5, 5.41) is 0. The number of nitrogens with zero attached hydrogens (tertiary/aromatic N) is 4. The van der Waals surface area contributed by atoms with Crippen molar-refractivity contribution in [2.24, 2.45) is 0 Å². The van der Waals surface area contributed by atoms with Crippen molar-refractivity contribution in [1.29, 1.82) is 0 Å². The van der Waals surface area contributed by atoms with E-state index >= 15 is 0 Å². The minimum absolute atomic E-state index is 0. The van der Waals surface area contributed by atoms with Crippen LogP contribution in [0.3, 0.4) is 0 Å². The molecule has 0 saturated heterocycles. The van der Waals surface area contributed by atoms with Gasteiger partial charge in [0.2, 0.25) is 0 Å². The summed E-state index contributed by atoms with van der Waals surface area (Å²) in [4.78, 5) is 10.7. The molecule has 11 heteroatoms. The van der Waals surface area contributed by atoms with Gasteiger partial charge in [-0.2, -0.15) is 12.1 Å². The first-order chi connectivity index (χ1) is 19.8. The summed E-state index contributed by atoms with van der Waals surface area (Å²) in [5.74, 6) is -4.48. The maximum atomic E-state index is 13.9. The fourth-order valence-corrected chi connectivity index (χ4v) is 3.78. The normalized spacial score (nSPS) is 12.0. The molecule has 1 aliphatic rings. The van der Waals surface area contributed by atoms with Gasteiger partial charge < -0.3 is 9.80 Å². The van der Waals surface area contributed by atoms with Gasteiger partial charge in [-0.3, -0.25) is 36.3 Å². The van der Waals surface area contributed by atoms with Crippen molar-refractivity contribution in [3.63, 3.8) is 0 Å². The molecule has 215 valence electrons. The summed E-state index contributed by atoms with van der Waals surface area (Å²) in [6.45, 7) is 1.35. The average molecular weight is 751 g/mol. The second-order valence-electron chi connectivity index (χ2n) is 8.40. The maximum Gasteiger partial charge on any atom is 0.0600 e. The standard InChI is InChI=1S/C16H9F2N2.C15H7F4N2.Ir/c17-13-10-14(18)12(16-6-2-4-8-20-16)9-11(13)15-5-1-3-7-19-15;16-10-1-3-14(12(18)7-10)20-5-6-21(9-20)15-4-2-11(17)8-13(15)19;/h1-8,10H;1-2,5-9H;/q-1;-3;. The number of hydrogen-bond donors (Lipinski definition) is 0. The van der Waals surface area contributed by atoms with Crippen LogP contribution in [-0.2, 0) is 20.1 Å². The number of hydrogen-bond acceptors (Lipinski definition) is 4. The second-order valence-corrected chi connectivity index (χ2v) is 8.40. The van der Waals surface area contributed by atoms with Crippen LogP contribution < -0.4 is 9.80 Å². The van der Waals surface area contributed by atoms with Crippen molar-refractivity contribution in [2.45, 2.75) is 0 Å². The van der Waals surface area contributed by atoms with Gasteiger partial charge in [0.1, 0.15) is 0 Å². The quantitative estimate of drug-likeness (QED) is 0.140. The molecule has 3 heterocycles. The smallest absolute Gasteiger partial charge is 0.0600 e. The molecule has 0 fully saturated rings. The molecular formula is C31H16F6IrN4-4. The Morgan fingerprint density at radius 1 is 0.595 bits per heavy atom. The third-order valence-electron chi connectivity index (χ3n) is 5.65. The number of rotatable bonds is 4. The molecular weight excluding hydrogens is 735 g/mol. The first-order valence-corrected chi connectivity index (χ1v) is 11.9. The van der Waals surface area contributed by atoms with Crippen LogP contribution >= 0.6 is 0 Å². The van der Waals surface area contributed by atoms with E-state index in [1.54, 1.807) is 48.8 Å². The first-order valence-electron chi connectivity index (χ1n) is 11.9. The van der Waals surface area contributed by atoms with E-state index < -0.39 is 34.9 Å². The van der Waals surface area contributed by atoms with Crippen molar-refractivity contribution >= 4 is 11.4 Å². The topological polar surface area (TPSA) is 32.3 Å². The van der Waals surface area contributed by atoms with Crippen LogP contribution in [-0.4, -0.2) is 9.97 Å². The Morgan fingerprint density at radius 3 is 1.43 bits per heavy atom. The average Bonchev–Trinajstić information content (AvgIpc) is 3.44. The van der Waals surface area contributed by atoms with Crippen LogP contribution in [0.4, 0.5) is 37.7 Å². The maximum absolute atomic E-state index is 13.9. The van der Waals surface area contributed by atoms with Crippen LogP contribution in [0.25, 0.3) is 22.5 Å². The molecule has 5 aromatic rings. The molecule has 0 N–H and O–H groups in total. The van der Waals surface area contributed by atoms with Crippen LogP contribution in [0.5, 0.6) is 0 Å². The largest absolute Gasteiger partial charge is 0.498 e. The van der Waals surface area contributed by atoms with Gasteiger partial charge in [-0.05, 0) is 24.5 Å². The van der Waals surface area contributed by atoms with E-state index in [9.17, 15) is 26.3 Å². The molecule has 0 saturated carbocycles. The van der Waals surface area contributed by atoms with Crippen LogP contribution in [0.15, 0.2) is 91.5 Å². The SMILES string of the molecule is Fc1c[c-]c(N2C=CN(c3[c-]cc(F)cc3F)[CH-]2)c(F)c1.Fc1cc(F)c(-c2ccccn2)[c-]c1-c1ccccn1.[Ir]. The monoisotopic (exact) mass is 751 g/mol. The fourth-order valence-electron chi connectivity index (χ4n) is 3.78. The summed E-state index contributed by atoms with van der Waals surface area (Å²) in [7, 11) is 0. The van der Waals surface area contributed by atoms with E-state index in [0.29, 0.717) is 11.4 Å². The van der Waals surface area contributed by atoms with E-state index in [0.717, 1.165) is 30.3 Å². The molecule has 1 radical (unpaired) electrons. The van der Waals surface area contributed by atoms with Gasteiger partial charge in [0, 0.05) is 67.2 Å². The summed E-state index contributed by atoms with van der Waals surface area (Å²) >= 11 is 0. The third kappa shape index (κ3) is 6.87. The van der Waals surface area contributed by atoms with Crippen molar-refractivity contribution in [1.82, 2.24) is 9.97 Å².